The van der Waals surface area contributed by atoms with Crippen molar-refractivity contribution in [2.75, 3.05) is 52.7 Å². The first kappa shape index (κ1) is 18.0. The highest BCUT2D eigenvalue weighted by molar-refractivity contribution is 5.85. The summed E-state index contributed by atoms with van der Waals surface area (Å²) in [6.07, 6.45) is 8.00. The maximum absolute atomic E-state index is 5.76. The Labute approximate surface area is 160 Å². The molecule has 1 saturated heterocycles. The number of rotatable bonds is 5. The van der Waals surface area contributed by atoms with Crippen LogP contribution in [0.4, 0.5) is 5.82 Å². The van der Waals surface area contributed by atoms with Crippen molar-refractivity contribution in [2.24, 2.45) is 0 Å². The van der Waals surface area contributed by atoms with Crippen molar-refractivity contribution < 1.29 is 4.74 Å². The molecule has 27 heavy (non-hydrogen) atoms. The number of likely N-dealkylation sites (N-methyl/N-ethyl adjacent to an activating group) is 1. The summed E-state index contributed by atoms with van der Waals surface area (Å²) in [6, 6.07) is 2.39. The number of aromatic nitrogens is 3. The van der Waals surface area contributed by atoms with Gasteiger partial charge in [0.05, 0.1) is 12.6 Å². The molecule has 0 spiro atoms. The van der Waals surface area contributed by atoms with Crippen LogP contribution in [0.25, 0.3) is 11.0 Å². The number of hydrogen-bond donors (Lipinski definition) is 2. The molecule has 0 radical (unpaired) electrons. The highest BCUT2D eigenvalue weighted by Gasteiger charge is 2.25. The molecule has 0 aromatic carbocycles. The third-order valence-corrected chi connectivity index (χ3v) is 5.56. The summed E-state index contributed by atoms with van der Waals surface area (Å²) in [4.78, 5) is 17.5. The first-order valence-electron chi connectivity index (χ1n) is 9.56. The molecule has 0 amide bonds. The number of ether oxygens (including phenoxy) is 1. The molecule has 0 bridgehead atoms. The fourth-order valence-corrected chi connectivity index (χ4v) is 3.91. The topological polar surface area (TPSA) is 69.3 Å². The Morgan fingerprint density at radius 3 is 2.81 bits per heavy atom. The Hall–Kier alpha value is -2.38. The highest BCUT2D eigenvalue weighted by atomic mass is 16.5. The zero-order chi connectivity index (χ0) is 18.8. The minimum atomic E-state index is 0.415. The molecule has 2 aromatic rings. The molecule has 144 valence electrons. The fourth-order valence-electron chi connectivity index (χ4n) is 3.91. The number of allylic oxidation sites excluding steroid dienone is 2. The zero-order valence-electron chi connectivity index (χ0n) is 16.3. The minimum Gasteiger partial charge on any atom is -0.501 e. The fraction of sp³-hybridized carbons (Fsp3) is 0.500. The molecule has 1 atom stereocenters. The minimum absolute atomic E-state index is 0.415. The van der Waals surface area contributed by atoms with Gasteiger partial charge >= 0.3 is 0 Å². The summed E-state index contributed by atoms with van der Waals surface area (Å²) >= 11 is 0. The number of piperazine rings is 1. The number of anilines is 1. The molecule has 1 aliphatic heterocycles. The number of aromatic amines is 1. The van der Waals surface area contributed by atoms with Crippen LogP contribution >= 0.6 is 0 Å². The van der Waals surface area contributed by atoms with Gasteiger partial charge in [0.2, 0.25) is 0 Å². The van der Waals surface area contributed by atoms with Gasteiger partial charge in [-0.25, -0.2) is 9.97 Å². The van der Waals surface area contributed by atoms with E-state index in [2.05, 4.69) is 44.3 Å². The molecular weight excluding hydrogens is 340 g/mol. The second-order valence-electron chi connectivity index (χ2n) is 7.28. The third kappa shape index (κ3) is 3.70. The van der Waals surface area contributed by atoms with E-state index in [0.717, 1.165) is 61.0 Å². The van der Waals surface area contributed by atoms with Crippen LogP contribution in [0, 0.1) is 0 Å². The van der Waals surface area contributed by atoms with Gasteiger partial charge in [-0.2, -0.15) is 0 Å². The summed E-state index contributed by atoms with van der Waals surface area (Å²) < 4.78 is 5.76. The quantitative estimate of drug-likeness (QED) is 0.842. The number of fused-ring (bicyclic) bond motifs is 1. The van der Waals surface area contributed by atoms with Crippen molar-refractivity contribution in [3.05, 3.63) is 41.6 Å². The van der Waals surface area contributed by atoms with Gasteiger partial charge in [-0.3, -0.25) is 4.90 Å². The SMILES string of the molecule is CNc1nc(CC2=C(OC)CC(N3CCN(C)CC3)C=C2)nc2cc[nH]c12. The Morgan fingerprint density at radius 2 is 2.07 bits per heavy atom. The molecule has 7 nitrogen and oxygen atoms in total. The van der Waals surface area contributed by atoms with E-state index in [-0.39, 0.29) is 0 Å². The lowest BCUT2D eigenvalue weighted by atomic mass is 9.96. The highest BCUT2D eigenvalue weighted by Crippen LogP contribution is 2.27. The van der Waals surface area contributed by atoms with Crippen LogP contribution < -0.4 is 5.32 Å². The van der Waals surface area contributed by atoms with E-state index in [1.54, 1.807) is 7.11 Å². The first-order valence-corrected chi connectivity index (χ1v) is 9.56. The van der Waals surface area contributed by atoms with Crippen LogP contribution in [0.3, 0.4) is 0 Å². The van der Waals surface area contributed by atoms with Crippen molar-refractivity contribution in [1.29, 1.82) is 0 Å². The van der Waals surface area contributed by atoms with Crippen molar-refractivity contribution in [3.63, 3.8) is 0 Å². The van der Waals surface area contributed by atoms with Gasteiger partial charge in [0, 0.05) is 58.3 Å². The molecule has 2 aliphatic rings. The van der Waals surface area contributed by atoms with Gasteiger partial charge in [-0.1, -0.05) is 12.2 Å². The number of H-pyrrole nitrogens is 1. The zero-order valence-corrected chi connectivity index (χ0v) is 16.3. The Kier molecular flexibility index (Phi) is 5.13. The van der Waals surface area contributed by atoms with Gasteiger partial charge in [0.1, 0.15) is 17.1 Å². The lowest BCUT2D eigenvalue weighted by Crippen LogP contribution is -2.49. The van der Waals surface area contributed by atoms with E-state index < -0.39 is 0 Å². The van der Waals surface area contributed by atoms with E-state index in [1.807, 2.05) is 19.3 Å². The van der Waals surface area contributed by atoms with Crippen molar-refractivity contribution in [2.45, 2.75) is 18.9 Å². The summed E-state index contributed by atoms with van der Waals surface area (Å²) in [5, 5.41) is 3.15. The monoisotopic (exact) mass is 368 g/mol. The molecule has 2 N–H and O–H groups in total. The predicted molar refractivity (Wildman–Crippen MR) is 108 cm³/mol. The molecule has 3 heterocycles. The lowest BCUT2D eigenvalue weighted by molar-refractivity contribution is 0.119. The Bertz CT molecular complexity index is 862. The van der Waals surface area contributed by atoms with Crippen LogP contribution in [0.15, 0.2) is 35.7 Å². The van der Waals surface area contributed by atoms with Crippen LogP contribution in [0.5, 0.6) is 0 Å². The van der Waals surface area contributed by atoms with Crippen LogP contribution in [0.2, 0.25) is 0 Å². The maximum atomic E-state index is 5.76. The lowest BCUT2D eigenvalue weighted by Gasteiger charge is -2.38. The summed E-state index contributed by atoms with van der Waals surface area (Å²) in [5.41, 5.74) is 3.04. The average molecular weight is 368 g/mol. The molecule has 4 rings (SSSR count). The van der Waals surface area contributed by atoms with Gasteiger partial charge < -0.3 is 19.9 Å². The number of hydrogen-bond acceptors (Lipinski definition) is 6. The molecule has 0 saturated carbocycles. The second-order valence-corrected chi connectivity index (χ2v) is 7.28. The largest absolute Gasteiger partial charge is 0.501 e. The molecule has 1 fully saturated rings. The van der Waals surface area contributed by atoms with Crippen molar-refractivity contribution >= 4 is 16.9 Å². The summed E-state index contributed by atoms with van der Waals surface area (Å²) in [6.45, 7) is 4.47. The number of nitrogens with zero attached hydrogens (tertiary/aromatic N) is 4. The standard InChI is InChI=1S/C20H28N6O/c1-21-20-19-16(6-7-22-19)23-18(24-20)12-14-4-5-15(13-17(14)27-3)26-10-8-25(2)9-11-26/h4-7,15,22H,8-13H2,1-3H3,(H,21,23,24). The van der Waals surface area contributed by atoms with Crippen molar-refractivity contribution in [1.82, 2.24) is 24.8 Å². The normalized spacial score (nSPS) is 21.8. The van der Waals surface area contributed by atoms with E-state index in [4.69, 9.17) is 9.72 Å². The smallest absolute Gasteiger partial charge is 0.153 e. The molecular formula is C20H28N6O. The predicted octanol–water partition coefficient (Wildman–Crippen LogP) is 2.02. The number of nitrogens with one attached hydrogen (secondary N) is 2. The molecule has 1 aliphatic carbocycles. The van der Waals surface area contributed by atoms with Gasteiger partial charge in [-0.05, 0) is 18.7 Å². The van der Waals surface area contributed by atoms with E-state index >= 15 is 0 Å². The van der Waals surface area contributed by atoms with Crippen molar-refractivity contribution in [3.8, 4) is 0 Å². The van der Waals surface area contributed by atoms with Gasteiger partial charge in [0.15, 0.2) is 5.82 Å². The van der Waals surface area contributed by atoms with E-state index in [9.17, 15) is 0 Å². The first-order chi connectivity index (χ1) is 13.2. The molecule has 1 unspecified atom stereocenters. The average Bonchev–Trinajstić information content (AvgIpc) is 3.17. The molecule has 2 aromatic heterocycles. The van der Waals surface area contributed by atoms with Crippen LogP contribution in [-0.2, 0) is 11.2 Å². The van der Waals surface area contributed by atoms with Gasteiger partial charge in [-0.15, -0.1) is 0 Å². The third-order valence-electron chi connectivity index (χ3n) is 5.56. The van der Waals surface area contributed by atoms with E-state index in [0.29, 0.717) is 12.5 Å². The second kappa shape index (κ2) is 7.70. The summed E-state index contributed by atoms with van der Waals surface area (Å²) in [5.74, 6) is 2.68. The van der Waals surface area contributed by atoms with E-state index in [1.165, 1.54) is 5.57 Å². The Morgan fingerprint density at radius 1 is 1.26 bits per heavy atom. The number of methoxy groups -OCH3 is 1. The molecule has 7 heteroatoms. The van der Waals surface area contributed by atoms with Gasteiger partial charge in [0.25, 0.3) is 0 Å². The maximum Gasteiger partial charge on any atom is 0.153 e. The van der Waals surface area contributed by atoms with Crippen LogP contribution in [-0.4, -0.2) is 78.2 Å². The summed E-state index contributed by atoms with van der Waals surface area (Å²) in [7, 11) is 5.84. The van der Waals surface area contributed by atoms with Crippen LogP contribution in [0.1, 0.15) is 12.2 Å². The Balaban J connectivity index is 1.52.